The zero-order valence-corrected chi connectivity index (χ0v) is 13.6. The van der Waals surface area contributed by atoms with Crippen LogP contribution in [0.4, 0.5) is 0 Å². The quantitative estimate of drug-likeness (QED) is 0.874. The fourth-order valence-electron chi connectivity index (χ4n) is 1.83. The smallest absolute Gasteiger partial charge is 0.243 e. The molecule has 0 saturated carbocycles. The fraction of sp³-hybridized carbons (Fsp3) is 0.455. The molecule has 1 aliphatic rings. The van der Waals surface area contributed by atoms with Gasteiger partial charge in [-0.05, 0) is 28.1 Å². The van der Waals surface area contributed by atoms with Crippen molar-refractivity contribution in [1.82, 2.24) is 9.62 Å². The maximum absolute atomic E-state index is 12.4. The minimum absolute atomic E-state index is 0. The highest BCUT2D eigenvalue weighted by atomic mass is 79.9. The number of nitrogens with one attached hydrogen (secondary N) is 1. The Kier molecular flexibility index (Phi) is 6.07. The van der Waals surface area contributed by atoms with E-state index < -0.39 is 10.0 Å². The fourth-order valence-corrected chi connectivity index (χ4v) is 3.70. The first-order valence-corrected chi connectivity index (χ1v) is 7.83. The predicted molar refractivity (Wildman–Crippen MR) is 79.6 cm³/mol. The number of hydrogen-bond acceptors (Lipinski definition) is 4. The molecule has 0 aromatic heterocycles. The molecule has 5 nitrogen and oxygen atoms in total. The van der Waals surface area contributed by atoms with Crippen LogP contribution >= 0.6 is 28.3 Å². The van der Waals surface area contributed by atoms with E-state index in [0.717, 1.165) is 4.47 Å². The molecule has 1 aromatic rings. The van der Waals surface area contributed by atoms with Crippen molar-refractivity contribution in [2.45, 2.75) is 4.90 Å². The molecule has 1 N–H and O–H groups in total. The lowest BCUT2D eigenvalue weighted by molar-refractivity contribution is 0.359. The van der Waals surface area contributed by atoms with Crippen molar-refractivity contribution in [2.24, 2.45) is 0 Å². The van der Waals surface area contributed by atoms with E-state index in [9.17, 15) is 8.42 Å². The molecular weight excluding hydrogens is 356 g/mol. The van der Waals surface area contributed by atoms with E-state index in [2.05, 4.69) is 21.2 Å². The molecule has 2 rings (SSSR count). The molecule has 0 amide bonds. The van der Waals surface area contributed by atoms with Gasteiger partial charge in [-0.3, -0.25) is 0 Å². The Morgan fingerprint density at radius 3 is 2.53 bits per heavy atom. The molecule has 1 aliphatic heterocycles. The topological polar surface area (TPSA) is 58.6 Å². The predicted octanol–water partition coefficient (Wildman–Crippen LogP) is 1.47. The summed E-state index contributed by atoms with van der Waals surface area (Å²) < 4.78 is 32.1. The summed E-state index contributed by atoms with van der Waals surface area (Å²) in [5.74, 6) is 0.520. The van der Waals surface area contributed by atoms with Crippen LogP contribution in [0.1, 0.15) is 0 Å². The normalized spacial score (nSPS) is 16.7. The SMILES string of the molecule is COc1cc(S(=O)(=O)N2CCNCC2)ccc1Br.Cl. The summed E-state index contributed by atoms with van der Waals surface area (Å²) in [5, 5.41) is 3.13. The number of piperazine rings is 1. The van der Waals surface area contributed by atoms with Crippen molar-refractivity contribution in [3.63, 3.8) is 0 Å². The van der Waals surface area contributed by atoms with Crippen LogP contribution in [0.25, 0.3) is 0 Å². The average Bonchev–Trinajstić information content (AvgIpc) is 2.40. The van der Waals surface area contributed by atoms with Gasteiger partial charge >= 0.3 is 0 Å². The van der Waals surface area contributed by atoms with Crippen LogP contribution < -0.4 is 10.1 Å². The highest BCUT2D eigenvalue weighted by Crippen LogP contribution is 2.28. The second-order valence-electron chi connectivity index (χ2n) is 3.95. The van der Waals surface area contributed by atoms with Crippen molar-refractivity contribution in [1.29, 1.82) is 0 Å². The molecule has 0 atom stereocenters. The van der Waals surface area contributed by atoms with Crippen LogP contribution in [-0.2, 0) is 10.0 Å². The van der Waals surface area contributed by atoms with E-state index in [1.807, 2.05) is 0 Å². The first kappa shape index (κ1) is 16.7. The van der Waals surface area contributed by atoms with Crippen LogP contribution in [0.2, 0.25) is 0 Å². The monoisotopic (exact) mass is 370 g/mol. The van der Waals surface area contributed by atoms with Gasteiger partial charge in [0.25, 0.3) is 0 Å². The van der Waals surface area contributed by atoms with E-state index in [4.69, 9.17) is 4.74 Å². The van der Waals surface area contributed by atoms with Crippen molar-refractivity contribution in [3.05, 3.63) is 22.7 Å². The van der Waals surface area contributed by atoms with Crippen molar-refractivity contribution >= 4 is 38.4 Å². The minimum atomic E-state index is -3.42. The van der Waals surface area contributed by atoms with E-state index in [1.165, 1.54) is 11.4 Å². The highest BCUT2D eigenvalue weighted by Gasteiger charge is 2.26. The Morgan fingerprint density at radius 1 is 1.32 bits per heavy atom. The maximum atomic E-state index is 12.4. The van der Waals surface area contributed by atoms with Gasteiger partial charge in [0.1, 0.15) is 5.75 Å². The Morgan fingerprint density at radius 2 is 1.95 bits per heavy atom. The second-order valence-corrected chi connectivity index (χ2v) is 6.74. The summed E-state index contributed by atoms with van der Waals surface area (Å²) in [6.07, 6.45) is 0. The lowest BCUT2D eigenvalue weighted by Crippen LogP contribution is -2.46. The van der Waals surface area contributed by atoms with Gasteiger partial charge in [0.2, 0.25) is 10.0 Å². The largest absolute Gasteiger partial charge is 0.496 e. The number of hydrogen-bond donors (Lipinski definition) is 1. The van der Waals surface area contributed by atoms with Gasteiger partial charge in [0.15, 0.2) is 0 Å². The molecule has 8 heteroatoms. The molecule has 1 saturated heterocycles. The molecule has 0 spiro atoms. The summed E-state index contributed by atoms with van der Waals surface area (Å²) >= 11 is 3.31. The molecule has 108 valence electrons. The number of halogens is 2. The summed E-state index contributed by atoms with van der Waals surface area (Å²) in [7, 11) is -1.90. The number of benzene rings is 1. The number of sulfonamides is 1. The summed E-state index contributed by atoms with van der Waals surface area (Å²) in [6.45, 7) is 2.38. The second kappa shape index (κ2) is 6.90. The van der Waals surface area contributed by atoms with E-state index in [-0.39, 0.29) is 17.3 Å². The summed E-state index contributed by atoms with van der Waals surface area (Å²) in [6, 6.07) is 4.82. The molecule has 1 aromatic carbocycles. The van der Waals surface area contributed by atoms with Gasteiger partial charge in [0.05, 0.1) is 16.5 Å². The highest BCUT2D eigenvalue weighted by molar-refractivity contribution is 9.10. The zero-order valence-electron chi connectivity index (χ0n) is 10.4. The molecular formula is C11H16BrClN2O3S. The van der Waals surface area contributed by atoms with Crippen LogP contribution in [0, 0.1) is 0 Å². The summed E-state index contributed by atoms with van der Waals surface area (Å²) in [5.41, 5.74) is 0. The van der Waals surface area contributed by atoms with Crippen molar-refractivity contribution in [3.8, 4) is 5.75 Å². The third-order valence-electron chi connectivity index (χ3n) is 2.84. The van der Waals surface area contributed by atoms with Crippen LogP contribution in [-0.4, -0.2) is 46.0 Å². The number of methoxy groups -OCH3 is 1. The van der Waals surface area contributed by atoms with Crippen LogP contribution in [0.5, 0.6) is 5.75 Å². The van der Waals surface area contributed by atoms with Crippen molar-refractivity contribution < 1.29 is 13.2 Å². The van der Waals surface area contributed by atoms with Gasteiger partial charge in [-0.15, -0.1) is 12.4 Å². The molecule has 0 aliphatic carbocycles. The minimum Gasteiger partial charge on any atom is -0.496 e. The van der Waals surface area contributed by atoms with Crippen LogP contribution in [0.3, 0.4) is 0 Å². The standard InChI is InChI=1S/C11H15BrN2O3S.ClH/c1-17-11-8-9(2-3-10(11)12)18(15,16)14-6-4-13-5-7-14;/h2-3,8,13H,4-7H2,1H3;1H. The maximum Gasteiger partial charge on any atom is 0.243 e. The molecule has 19 heavy (non-hydrogen) atoms. The molecule has 0 radical (unpaired) electrons. The third-order valence-corrected chi connectivity index (χ3v) is 5.39. The van der Waals surface area contributed by atoms with Gasteiger partial charge in [0, 0.05) is 32.2 Å². The lowest BCUT2D eigenvalue weighted by Gasteiger charge is -2.26. The Bertz CT molecular complexity index is 533. The molecule has 1 heterocycles. The van der Waals surface area contributed by atoms with Gasteiger partial charge in [-0.2, -0.15) is 4.31 Å². The number of rotatable bonds is 3. The third kappa shape index (κ3) is 3.61. The Hall–Kier alpha value is -0.340. The number of nitrogens with zero attached hydrogens (tertiary/aromatic N) is 1. The zero-order chi connectivity index (χ0) is 13.2. The van der Waals surface area contributed by atoms with Crippen molar-refractivity contribution in [2.75, 3.05) is 33.3 Å². The lowest BCUT2D eigenvalue weighted by atomic mass is 10.3. The Balaban J connectivity index is 0.00000180. The van der Waals surface area contributed by atoms with E-state index >= 15 is 0 Å². The Labute approximate surface area is 127 Å². The molecule has 1 fully saturated rings. The van der Waals surface area contributed by atoms with Gasteiger partial charge < -0.3 is 10.1 Å². The first-order chi connectivity index (χ1) is 8.55. The van der Waals surface area contributed by atoms with E-state index in [0.29, 0.717) is 31.9 Å². The van der Waals surface area contributed by atoms with Gasteiger partial charge in [-0.25, -0.2) is 8.42 Å². The summed E-state index contributed by atoms with van der Waals surface area (Å²) in [4.78, 5) is 0.268. The first-order valence-electron chi connectivity index (χ1n) is 5.60. The molecule has 0 unspecified atom stereocenters. The average molecular weight is 372 g/mol. The van der Waals surface area contributed by atoms with Gasteiger partial charge in [-0.1, -0.05) is 0 Å². The number of ether oxygens (including phenoxy) is 1. The molecule has 0 bridgehead atoms. The van der Waals surface area contributed by atoms with E-state index in [1.54, 1.807) is 18.2 Å². The van der Waals surface area contributed by atoms with Crippen LogP contribution in [0.15, 0.2) is 27.6 Å².